The molecule has 0 amide bonds. The highest BCUT2D eigenvalue weighted by Gasteiger charge is 2.18. The predicted molar refractivity (Wildman–Crippen MR) is 83.7 cm³/mol. The summed E-state index contributed by atoms with van der Waals surface area (Å²) in [6.07, 6.45) is 0.434. The SMILES string of the molecule is O=C(O)c1cc(S(=O)(=O)NCCc2ccc(Cl)cc2)ccc1F. The van der Waals surface area contributed by atoms with Gasteiger partial charge in [-0.15, -0.1) is 0 Å². The maximum atomic E-state index is 13.3. The lowest BCUT2D eigenvalue weighted by molar-refractivity contribution is 0.0691. The lowest BCUT2D eigenvalue weighted by Gasteiger charge is -2.08. The van der Waals surface area contributed by atoms with Crippen LogP contribution < -0.4 is 4.72 Å². The van der Waals surface area contributed by atoms with Gasteiger partial charge in [-0.3, -0.25) is 0 Å². The van der Waals surface area contributed by atoms with Crippen LogP contribution in [0.25, 0.3) is 0 Å². The van der Waals surface area contributed by atoms with Crippen molar-refractivity contribution < 1.29 is 22.7 Å². The second kappa shape index (κ2) is 7.08. The quantitative estimate of drug-likeness (QED) is 0.832. The molecule has 8 heteroatoms. The van der Waals surface area contributed by atoms with Crippen molar-refractivity contribution in [3.05, 3.63) is 64.4 Å². The average Bonchev–Trinajstić information content (AvgIpc) is 2.49. The summed E-state index contributed by atoms with van der Waals surface area (Å²) in [5.41, 5.74) is 0.202. The zero-order valence-corrected chi connectivity index (χ0v) is 13.4. The van der Waals surface area contributed by atoms with Gasteiger partial charge in [-0.2, -0.15) is 0 Å². The Morgan fingerprint density at radius 2 is 1.83 bits per heavy atom. The van der Waals surface area contributed by atoms with Crippen LogP contribution in [0, 0.1) is 5.82 Å². The Labute approximate surface area is 137 Å². The second-order valence-electron chi connectivity index (χ2n) is 4.72. The number of sulfonamides is 1. The van der Waals surface area contributed by atoms with Gasteiger partial charge < -0.3 is 5.11 Å². The summed E-state index contributed by atoms with van der Waals surface area (Å²) in [6.45, 7) is 0.115. The minimum absolute atomic E-state index is 0.115. The third kappa shape index (κ3) is 4.51. The van der Waals surface area contributed by atoms with E-state index in [1.54, 1.807) is 24.3 Å². The number of hydrogen-bond acceptors (Lipinski definition) is 3. The van der Waals surface area contributed by atoms with Crippen molar-refractivity contribution in [2.75, 3.05) is 6.54 Å². The molecule has 2 aromatic rings. The summed E-state index contributed by atoms with van der Waals surface area (Å²) in [4.78, 5) is 10.6. The largest absolute Gasteiger partial charge is 0.478 e. The summed E-state index contributed by atoms with van der Waals surface area (Å²) in [5.74, 6) is -2.52. The number of carbonyl (C=O) groups is 1. The van der Waals surface area contributed by atoms with Gasteiger partial charge in [0, 0.05) is 11.6 Å². The molecule has 2 aromatic carbocycles. The molecule has 0 atom stereocenters. The van der Waals surface area contributed by atoms with Gasteiger partial charge in [0.25, 0.3) is 0 Å². The highest BCUT2D eigenvalue weighted by atomic mass is 35.5. The first kappa shape index (κ1) is 17.4. The number of aromatic carboxylic acids is 1. The van der Waals surface area contributed by atoms with E-state index in [1.807, 2.05) is 0 Å². The molecule has 0 heterocycles. The number of carboxylic acids is 1. The molecule has 122 valence electrons. The van der Waals surface area contributed by atoms with Gasteiger partial charge in [-0.1, -0.05) is 23.7 Å². The van der Waals surface area contributed by atoms with Crippen molar-refractivity contribution in [1.82, 2.24) is 4.72 Å². The standard InChI is InChI=1S/C15H13ClFNO4S/c16-11-3-1-10(2-4-11)7-8-18-23(21,22)12-5-6-14(17)13(9-12)15(19)20/h1-6,9,18H,7-8H2,(H,19,20). The molecule has 0 aliphatic carbocycles. The van der Waals surface area contributed by atoms with E-state index in [0.717, 1.165) is 23.8 Å². The molecule has 0 aliphatic heterocycles. The maximum Gasteiger partial charge on any atom is 0.338 e. The van der Waals surface area contributed by atoms with E-state index in [2.05, 4.69) is 4.72 Å². The molecule has 2 N–H and O–H groups in total. The minimum atomic E-state index is -3.92. The molecular weight excluding hydrogens is 345 g/mol. The molecular formula is C15H13ClFNO4S. The van der Waals surface area contributed by atoms with Crippen molar-refractivity contribution in [2.24, 2.45) is 0 Å². The Morgan fingerprint density at radius 1 is 1.17 bits per heavy atom. The first-order chi connectivity index (χ1) is 10.8. The van der Waals surface area contributed by atoms with Crippen molar-refractivity contribution >= 4 is 27.6 Å². The van der Waals surface area contributed by atoms with Crippen LogP contribution in [0.5, 0.6) is 0 Å². The number of halogens is 2. The Balaban J connectivity index is 2.08. The van der Waals surface area contributed by atoms with Crippen molar-refractivity contribution in [1.29, 1.82) is 0 Å². The van der Waals surface area contributed by atoms with Gasteiger partial charge in [0.1, 0.15) is 5.82 Å². The van der Waals surface area contributed by atoms with Crippen LogP contribution in [0.1, 0.15) is 15.9 Å². The summed E-state index contributed by atoms with van der Waals surface area (Å²) < 4.78 is 39.9. The van der Waals surface area contributed by atoms with Crippen molar-refractivity contribution in [3.63, 3.8) is 0 Å². The molecule has 0 fully saturated rings. The molecule has 0 bridgehead atoms. The van der Waals surface area contributed by atoms with Crippen LogP contribution in [0.3, 0.4) is 0 Å². The summed E-state index contributed by atoms with van der Waals surface area (Å²) in [7, 11) is -3.92. The number of benzene rings is 2. The van der Waals surface area contributed by atoms with Gasteiger partial charge in [-0.05, 0) is 42.3 Å². The van der Waals surface area contributed by atoms with E-state index < -0.39 is 27.4 Å². The van der Waals surface area contributed by atoms with Crippen LogP contribution in [0.15, 0.2) is 47.4 Å². The maximum absolute atomic E-state index is 13.3. The Hall–Kier alpha value is -1.96. The van der Waals surface area contributed by atoms with Crippen molar-refractivity contribution in [2.45, 2.75) is 11.3 Å². The summed E-state index contributed by atoms with van der Waals surface area (Å²) in [6, 6.07) is 9.58. The molecule has 23 heavy (non-hydrogen) atoms. The van der Waals surface area contributed by atoms with Gasteiger partial charge in [0.15, 0.2) is 0 Å². The predicted octanol–water partition coefficient (Wildman–Crippen LogP) is 2.70. The summed E-state index contributed by atoms with van der Waals surface area (Å²) >= 11 is 5.76. The molecule has 0 unspecified atom stereocenters. The Kier molecular flexibility index (Phi) is 5.35. The van der Waals surface area contributed by atoms with Crippen molar-refractivity contribution in [3.8, 4) is 0 Å². The first-order valence-electron chi connectivity index (χ1n) is 6.56. The lowest BCUT2D eigenvalue weighted by Crippen LogP contribution is -2.26. The summed E-state index contributed by atoms with van der Waals surface area (Å²) in [5, 5.41) is 9.42. The zero-order valence-electron chi connectivity index (χ0n) is 11.8. The third-order valence-electron chi connectivity index (χ3n) is 3.10. The van der Waals surface area contributed by atoms with E-state index in [-0.39, 0.29) is 11.4 Å². The molecule has 5 nitrogen and oxygen atoms in total. The molecule has 0 aromatic heterocycles. The highest BCUT2D eigenvalue weighted by molar-refractivity contribution is 7.89. The second-order valence-corrected chi connectivity index (χ2v) is 6.92. The average molecular weight is 358 g/mol. The monoisotopic (exact) mass is 357 g/mol. The first-order valence-corrected chi connectivity index (χ1v) is 8.42. The van der Waals surface area contributed by atoms with Gasteiger partial charge >= 0.3 is 5.97 Å². The lowest BCUT2D eigenvalue weighted by atomic mass is 10.2. The van der Waals surface area contributed by atoms with Gasteiger partial charge in [0.05, 0.1) is 10.5 Å². The van der Waals surface area contributed by atoms with E-state index in [1.165, 1.54) is 0 Å². The van der Waals surface area contributed by atoms with Crippen LogP contribution in [0.2, 0.25) is 5.02 Å². The number of carboxylic acid groups (broad SMARTS) is 1. The number of rotatable bonds is 6. The Bertz CT molecular complexity index is 822. The van der Waals surface area contributed by atoms with E-state index in [4.69, 9.17) is 16.7 Å². The van der Waals surface area contributed by atoms with Gasteiger partial charge in [-0.25, -0.2) is 22.3 Å². The Morgan fingerprint density at radius 3 is 2.43 bits per heavy atom. The van der Waals surface area contributed by atoms with Crippen LogP contribution in [0.4, 0.5) is 4.39 Å². The van der Waals surface area contributed by atoms with Crippen LogP contribution in [-0.2, 0) is 16.4 Å². The molecule has 0 saturated carbocycles. The van der Waals surface area contributed by atoms with E-state index in [9.17, 15) is 17.6 Å². The normalized spacial score (nSPS) is 11.4. The van der Waals surface area contributed by atoms with E-state index in [0.29, 0.717) is 11.4 Å². The van der Waals surface area contributed by atoms with Crippen LogP contribution in [-0.4, -0.2) is 26.0 Å². The molecule has 0 saturated heterocycles. The number of nitrogens with one attached hydrogen (secondary N) is 1. The molecule has 0 radical (unpaired) electrons. The fraction of sp³-hybridized carbons (Fsp3) is 0.133. The van der Waals surface area contributed by atoms with E-state index >= 15 is 0 Å². The fourth-order valence-corrected chi connectivity index (χ4v) is 3.08. The van der Waals surface area contributed by atoms with Gasteiger partial charge in [0.2, 0.25) is 10.0 Å². The minimum Gasteiger partial charge on any atom is -0.478 e. The third-order valence-corrected chi connectivity index (χ3v) is 4.81. The topological polar surface area (TPSA) is 83.5 Å². The fourth-order valence-electron chi connectivity index (χ4n) is 1.90. The van der Waals surface area contributed by atoms with Crippen LogP contribution >= 0.6 is 11.6 Å². The zero-order chi connectivity index (χ0) is 17.0. The number of hydrogen-bond donors (Lipinski definition) is 2. The highest BCUT2D eigenvalue weighted by Crippen LogP contribution is 2.15. The molecule has 0 spiro atoms. The smallest absolute Gasteiger partial charge is 0.338 e. The molecule has 2 rings (SSSR count). The molecule has 0 aliphatic rings.